The van der Waals surface area contributed by atoms with Crippen molar-refractivity contribution in [3.8, 4) is 17.0 Å². The Kier molecular flexibility index (Phi) is 5.35. The zero-order chi connectivity index (χ0) is 24.0. The van der Waals surface area contributed by atoms with Gasteiger partial charge in [-0.15, -0.1) is 0 Å². The molecule has 2 aliphatic rings. The molecule has 11 heteroatoms. The molecule has 2 atom stereocenters. The summed E-state index contributed by atoms with van der Waals surface area (Å²) in [5, 5.41) is 17.8. The summed E-state index contributed by atoms with van der Waals surface area (Å²) >= 11 is 0. The predicted octanol–water partition coefficient (Wildman–Crippen LogP) is 1.24. The van der Waals surface area contributed by atoms with Crippen molar-refractivity contribution in [2.45, 2.75) is 24.5 Å². The zero-order valence-corrected chi connectivity index (χ0v) is 18.6. The van der Waals surface area contributed by atoms with E-state index in [1.807, 2.05) is 12.1 Å². The van der Waals surface area contributed by atoms with Crippen LogP contribution in [0.25, 0.3) is 16.6 Å². The molecule has 3 aromatic heterocycles. The molecule has 0 unspecified atom stereocenters. The van der Waals surface area contributed by atoms with Crippen molar-refractivity contribution in [2.24, 2.45) is 11.7 Å². The number of aromatic nitrogens is 3. The molecule has 1 saturated carbocycles. The number of ether oxygens (including phenoxy) is 1. The first kappa shape index (κ1) is 22.1. The van der Waals surface area contributed by atoms with Crippen molar-refractivity contribution in [2.75, 3.05) is 32.2 Å². The molecule has 2 fully saturated rings. The number of amides is 2. The van der Waals surface area contributed by atoms with Crippen molar-refractivity contribution < 1.29 is 23.8 Å². The molecular weight excluding hydrogens is 443 g/mol. The number of fused-ring (bicyclic) bond motifs is 1. The van der Waals surface area contributed by atoms with E-state index in [0.717, 1.165) is 11.1 Å². The highest BCUT2D eigenvalue weighted by Gasteiger charge is 2.52. The van der Waals surface area contributed by atoms with Gasteiger partial charge in [0, 0.05) is 48.6 Å². The van der Waals surface area contributed by atoms with Crippen LogP contribution in [0.5, 0.6) is 5.88 Å². The summed E-state index contributed by atoms with van der Waals surface area (Å²) in [6.07, 6.45) is 5.66. The van der Waals surface area contributed by atoms with Crippen LogP contribution >= 0.6 is 0 Å². The SMILES string of the molecule is COc1ccc(-c2cc3c(N[C@@H]4CN(C(=O)C5(O)CC5)C[C@H]4CF)c(C(N)=O)cnn3c2)cn1. The molecule has 0 bridgehead atoms. The first-order valence-corrected chi connectivity index (χ1v) is 11.0. The molecule has 5 rings (SSSR count). The minimum Gasteiger partial charge on any atom is -0.481 e. The number of rotatable bonds is 7. The molecule has 1 aliphatic carbocycles. The Morgan fingerprint density at radius 3 is 2.71 bits per heavy atom. The fraction of sp³-hybridized carbons (Fsp3) is 0.391. The van der Waals surface area contributed by atoms with E-state index in [2.05, 4.69) is 15.4 Å². The highest BCUT2D eigenvalue weighted by molar-refractivity contribution is 6.02. The summed E-state index contributed by atoms with van der Waals surface area (Å²) in [7, 11) is 1.54. The molecule has 4 heterocycles. The summed E-state index contributed by atoms with van der Waals surface area (Å²) in [6.45, 7) is -0.262. The molecule has 0 spiro atoms. The number of primary amides is 1. The second-order valence-electron chi connectivity index (χ2n) is 8.85. The third-order valence-corrected chi connectivity index (χ3v) is 6.56. The average Bonchev–Trinajstić information content (AvgIpc) is 3.26. The van der Waals surface area contributed by atoms with Crippen molar-refractivity contribution >= 4 is 23.0 Å². The molecule has 34 heavy (non-hydrogen) atoms. The number of anilines is 1. The minimum absolute atomic E-state index is 0.160. The maximum absolute atomic E-state index is 13.9. The van der Waals surface area contributed by atoms with Crippen molar-refractivity contribution in [3.63, 3.8) is 0 Å². The first-order valence-electron chi connectivity index (χ1n) is 11.0. The van der Waals surface area contributed by atoms with Gasteiger partial charge in [-0.3, -0.25) is 14.0 Å². The summed E-state index contributed by atoms with van der Waals surface area (Å²) in [5.41, 5.74) is 7.06. The van der Waals surface area contributed by atoms with Gasteiger partial charge in [0.05, 0.1) is 42.8 Å². The lowest BCUT2D eigenvalue weighted by Crippen LogP contribution is -2.40. The van der Waals surface area contributed by atoms with E-state index in [1.54, 1.807) is 23.0 Å². The lowest BCUT2D eigenvalue weighted by Gasteiger charge is -2.21. The number of nitrogens with zero attached hydrogens (tertiary/aromatic N) is 4. The van der Waals surface area contributed by atoms with E-state index >= 15 is 0 Å². The number of carbonyl (C=O) groups excluding carboxylic acids is 2. The third kappa shape index (κ3) is 3.81. The number of halogens is 1. The molecule has 1 aliphatic heterocycles. The van der Waals surface area contributed by atoms with Gasteiger partial charge in [-0.25, -0.2) is 9.50 Å². The Hall–Kier alpha value is -3.73. The smallest absolute Gasteiger partial charge is 0.254 e. The molecule has 10 nitrogen and oxygen atoms in total. The minimum atomic E-state index is -1.32. The van der Waals surface area contributed by atoms with Crippen LogP contribution in [0, 0.1) is 5.92 Å². The molecular formula is C23H25FN6O4. The fourth-order valence-corrected chi connectivity index (χ4v) is 4.39. The molecule has 4 N–H and O–H groups in total. The van der Waals surface area contributed by atoms with E-state index in [0.29, 0.717) is 29.9 Å². The number of alkyl halides is 1. The van der Waals surface area contributed by atoms with Gasteiger partial charge < -0.3 is 25.8 Å². The average molecular weight is 468 g/mol. The monoisotopic (exact) mass is 468 g/mol. The number of nitrogens with two attached hydrogens (primary N) is 1. The van der Waals surface area contributed by atoms with E-state index in [9.17, 15) is 19.1 Å². The summed E-state index contributed by atoms with van der Waals surface area (Å²) < 4.78 is 20.6. The number of nitrogens with one attached hydrogen (secondary N) is 1. The Balaban J connectivity index is 1.49. The van der Waals surface area contributed by atoms with E-state index in [4.69, 9.17) is 10.5 Å². The second kappa shape index (κ2) is 8.24. The van der Waals surface area contributed by atoms with Gasteiger partial charge in [0.2, 0.25) is 5.88 Å². The first-order chi connectivity index (χ1) is 16.3. The van der Waals surface area contributed by atoms with Crippen molar-refractivity contribution in [1.82, 2.24) is 19.5 Å². The zero-order valence-electron chi connectivity index (χ0n) is 18.6. The molecule has 1 saturated heterocycles. The maximum Gasteiger partial charge on any atom is 0.254 e. The van der Waals surface area contributed by atoms with Crippen molar-refractivity contribution in [3.05, 3.63) is 42.4 Å². The lowest BCUT2D eigenvalue weighted by molar-refractivity contribution is -0.141. The normalized spacial score (nSPS) is 21.0. The summed E-state index contributed by atoms with van der Waals surface area (Å²) in [4.78, 5) is 30.5. The Morgan fingerprint density at radius 2 is 2.09 bits per heavy atom. The van der Waals surface area contributed by atoms with Gasteiger partial charge in [-0.2, -0.15) is 5.10 Å². The van der Waals surface area contributed by atoms with E-state index in [1.165, 1.54) is 18.2 Å². The van der Waals surface area contributed by atoms with Crippen LogP contribution in [0.2, 0.25) is 0 Å². The van der Waals surface area contributed by atoms with E-state index in [-0.39, 0.29) is 24.6 Å². The fourth-order valence-electron chi connectivity index (χ4n) is 4.39. The topological polar surface area (TPSA) is 135 Å². The third-order valence-electron chi connectivity index (χ3n) is 6.56. The number of likely N-dealkylation sites (tertiary alicyclic amines) is 1. The van der Waals surface area contributed by atoms with E-state index < -0.39 is 30.1 Å². The second-order valence-corrected chi connectivity index (χ2v) is 8.85. The van der Waals surface area contributed by atoms with Gasteiger partial charge in [0.15, 0.2) is 0 Å². The van der Waals surface area contributed by atoms with Crippen LogP contribution in [0.4, 0.5) is 10.1 Å². The largest absolute Gasteiger partial charge is 0.481 e. The van der Waals surface area contributed by atoms with Crippen LogP contribution in [-0.4, -0.2) is 74.9 Å². The number of hydrogen-bond donors (Lipinski definition) is 3. The highest BCUT2D eigenvalue weighted by atomic mass is 19.1. The number of carbonyl (C=O) groups is 2. The molecule has 0 radical (unpaired) electrons. The van der Waals surface area contributed by atoms with Gasteiger partial charge in [0.25, 0.3) is 11.8 Å². The standard InChI is InChI=1S/C23H25FN6O4/c1-34-19-3-2-13(8-26-19)14-6-18-20(16(21(25)31)9-27-30(18)11-14)28-17-12-29(10-15(17)7-24)22(32)23(33)4-5-23/h2-3,6,8-9,11,15,17,28,33H,4-5,7,10,12H2,1H3,(H2,25,31)/t15-,17-/m1/s1. The van der Waals surface area contributed by atoms with Crippen molar-refractivity contribution in [1.29, 1.82) is 0 Å². The van der Waals surface area contributed by atoms with Gasteiger partial charge >= 0.3 is 0 Å². The lowest BCUT2D eigenvalue weighted by atomic mass is 10.0. The Bertz CT molecular complexity index is 1260. The summed E-state index contributed by atoms with van der Waals surface area (Å²) in [6, 6.07) is 4.95. The molecule has 178 valence electrons. The highest BCUT2D eigenvalue weighted by Crippen LogP contribution is 2.39. The number of methoxy groups -OCH3 is 1. The predicted molar refractivity (Wildman–Crippen MR) is 121 cm³/mol. The number of hydrogen-bond acceptors (Lipinski definition) is 7. The van der Waals surface area contributed by atoms with Crippen LogP contribution in [0.3, 0.4) is 0 Å². The van der Waals surface area contributed by atoms with Gasteiger partial charge in [-0.05, 0) is 25.0 Å². The molecule has 3 aromatic rings. The Labute approximate surface area is 194 Å². The van der Waals surface area contributed by atoms with Crippen LogP contribution in [0.15, 0.2) is 36.8 Å². The van der Waals surface area contributed by atoms with Gasteiger partial charge in [-0.1, -0.05) is 0 Å². The molecule has 0 aromatic carbocycles. The van der Waals surface area contributed by atoms with Crippen LogP contribution in [0.1, 0.15) is 23.2 Å². The maximum atomic E-state index is 13.9. The Morgan fingerprint density at radius 1 is 1.29 bits per heavy atom. The number of pyridine rings is 1. The van der Waals surface area contributed by atoms with Gasteiger partial charge in [0.1, 0.15) is 5.60 Å². The summed E-state index contributed by atoms with van der Waals surface area (Å²) in [5.74, 6) is -1.07. The quantitative estimate of drug-likeness (QED) is 0.475. The van der Waals surface area contributed by atoms with Crippen LogP contribution in [-0.2, 0) is 4.79 Å². The number of aliphatic hydroxyl groups is 1. The molecule has 2 amide bonds. The van der Waals surface area contributed by atoms with Crippen LogP contribution < -0.4 is 15.8 Å².